The van der Waals surface area contributed by atoms with Gasteiger partial charge in [-0.3, -0.25) is 9.97 Å². The first-order valence-corrected chi connectivity index (χ1v) is 6.33. The molecule has 3 aromatic rings. The van der Waals surface area contributed by atoms with Crippen molar-refractivity contribution < 1.29 is 0 Å². The molecule has 2 aromatic heterocycles. The number of aromatic nitrogens is 2. The summed E-state index contributed by atoms with van der Waals surface area (Å²) in [5.74, 6) is 0. The van der Waals surface area contributed by atoms with Crippen LogP contribution < -0.4 is 5.73 Å². The third-order valence-corrected chi connectivity index (χ3v) is 3.49. The Hall–Kier alpha value is -1.97. The molecule has 2 N–H and O–H groups in total. The van der Waals surface area contributed by atoms with E-state index in [4.69, 9.17) is 17.3 Å². The highest BCUT2D eigenvalue weighted by Gasteiger charge is 2.15. The molecule has 0 aliphatic heterocycles. The van der Waals surface area contributed by atoms with E-state index >= 15 is 0 Å². The van der Waals surface area contributed by atoms with Gasteiger partial charge in [0.05, 0.1) is 11.1 Å². The van der Waals surface area contributed by atoms with Crippen molar-refractivity contribution in [3.63, 3.8) is 0 Å². The maximum atomic E-state index is 6.33. The lowest BCUT2D eigenvalue weighted by atomic mass is 9.97. The summed E-state index contributed by atoms with van der Waals surface area (Å²) in [6.07, 6.45) is 6.93. The van der Waals surface area contributed by atoms with Crippen molar-refractivity contribution in [2.24, 2.45) is 5.73 Å². The van der Waals surface area contributed by atoms with Crippen LogP contribution in [0.4, 0.5) is 0 Å². The molecule has 0 fully saturated rings. The fraction of sp³-hybridized carbons (Fsp3) is 0.0667. The van der Waals surface area contributed by atoms with Crippen molar-refractivity contribution >= 4 is 22.4 Å². The van der Waals surface area contributed by atoms with Crippen molar-refractivity contribution in [3.8, 4) is 0 Å². The fourth-order valence-corrected chi connectivity index (χ4v) is 2.43. The van der Waals surface area contributed by atoms with Crippen LogP contribution in [0.2, 0.25) is 5.02 Å². The Morgan fingerprint density at radius 2 is 1.79 bits per heavy atom. The molecule has 1 aromatic carbocycles. The van der Waals surface area contributed by atoms with E-state index in [-0.39, 0.29) is 6.04 Å². The van der Waals surface area contributed by atoms with Crippen molar-refractivity contribution in [1.82, 2.24) is 9.97 Å². The molecule has 4 heteroatoms. The van der Waals surface area contributed by atoms with E-state index in [2.05, 4.69) is 9.97 Å². The monoisotopic (exact) mass is 269 g/mol. The van der Waals surface area contributed by atoms with Crippen LogP contribution in [0.25, 0.3) is 10.8 Å². The molecule has 0 aliphatic rings. The highest BCUT2D eigenvalue weighted by molar-refractivity contribution is 6.31. The molecule has 1 atom stereocenters. The quantitative estimate of drug-likeness (QED) is 0.776. The van der Waals surface area contributed by atoms with Crippen LogP contribution >= 0.6 is 11.6 Å². The molecular weight excluding hydrogens is 258 g/mol. The van der Waals surface area contributed by atoms with Gasteiger partial charge in [-0.25, -0.2) is 0 Å². The molecule has 94 valence electrons. The number of hydrogen-bond acceptors (Lipinski definition) is 3. The van der Waals surface area contributed by atoms with Gasteiger partial charge in [-0.1, -0.05) is 35.9 Å². The summed E-state index contributed by atoms with van der Waals surface area (Å²) in [6, 6.07) is 9.57. The molecule has 19 heavy (non-hydrogen) atoms. The minimum Gasteiger partial charge on any atom is -0.320 e. The van der Waals surface area contributed by atoms with E-state index in [0.717, 1.165) is 21.9 Å². The van der Waals surface area contributed by atoms with Gasteiger partial charge in [-0.15, -0.1) is 0 Å². The lowest BCUT2D eigenvalue weighted by molar-refractivity contribution is 0.870. The predicted octanol–water partition coefficient (Wildman–Crippen LogP) is 3.33. The van der Waals surface area contributed by atoms with Crippen LogP contribution in [0, 0.1) is 0 Å². The van der Waals surface area contributed by atoms with Crippen molar-refractivity contribution in [2.75, 3.05) is 0 Å². The smallest absolute Gasteiger partial charge is 0.0640 e. The second-order valence-electron chi connectivity index (χ2n) is 4.32. The zero-order valence-corrected chi connectivity index (χ0v) is 10.9. The molecule has 0 aliphatic carbocycles. The number of halogens is 1. The van der Waals surface area contributed by atoms with Crippen LogP contribution in [0.3, 0.4) is 0 Å². The maximum Gasteiger partial charge on any atom is 0.0640 e. The second kappa shape index (κ2) is 4.96. The summed E-state index contributed by atoms with van der Waals surface area (Å²) in [5.41, 5.74) is 8.15. The Bertz CT molecular complexity index is 722. The molecule has 1 unspecified atom stereocenters. The van der Waals surface area contributed by atoms with Crippen LogP contribution in [0.1, 0.15) is 17.2 Å². The van der Waals surface area contributed by atoms with Gasteiger partial charge in [0.1, 0.15) is 0 Å². The molecule has 3 nitrogen and oxygen atoms in total. The molecular formula is C15H12ClN3. The summed E-state index contributed by atoms with van der Waals surface area (Å²) in [6.45, 7) is 0. The minimum atomic E-state index is -0.311. The molecule has 0 saturated heterocycles. The Labute approximate surface area is 116 Å². The molecule has 0 spiro atoms. The molecule has 0 saturated carbocycles. The van der Waals surface area contributed by atoms with Crippen molar-refractivity contribution in [3.05, 3.63) is 71.3 Å². The van der Waals surface area contributed by atoms with E-state index in [0.29, 0.717) is 5.02 Å². The molecule has 0 radical (unpaired) electrons. The number of nitrogens with zero attached hydrogens (tertiary/aromatic N) is 2. The normalized spacial score (nSPS) is 12.5. The summed E-state index contributed by atoms with van der Waals surface area (Å²) in [4.78, 5) is 8.23. The van der Waals surface area contributed by atoms with Gasteiger partial charge in [0.25, 0.3) is 0 Å². The highest BCUT2D eigenvalue weighted by Crippen LogP contribution is 2.29. The number of rotatable bonds is 2. The van der Waals surface area contributed by atoms with Gasteiger partial charge in [-0.05, 0) is 22.6 Å². The Morgan fingerprint density at radius 1 is 0.947 bits per heavy atom. The average molecular weight is 270 g/mol. The van der Waals surface area contributed by atoms with Crippen molar-refractivity contribution in [1.29, 1.82) is 0 Å². The van der Waals surface area contributed by atoms with Gasteiger partial charge in [0, 0.05) is 30.2 Å². The van der Waals surface area contributed by atoms with E-state index in [1.54, 1.807) is 18.6 Å². The van der Waals surface area contributed by atoms with Gasteiger partial charge in [0.2, 0.25) is 0 Å². The number of hydrogen-bond donors (Lipinski definition) is 1. The third kappa shape index (κ3) is 2.18. The Kier molecular flexibility index (Phi) is 3.15. The van der Waals surface area contributed by atoms with Crippen LogP contribution in [0.5, 0.6) is 0 Å². The second-order valence-corrected chi connectivity index (χ2v) is 4.73. The van der Waals surface area contributed by atoms with Gasteiger partial charge < -0.3 is 5.73 Å². The highest BCUT2D eigenvalue weighted by atomic mass is 35.5. The number of pyridine rings is 2. The van der Waals surface area contributed by atoms with Gasteiger partial charge in [0.15, 0.2) is 0 Å². The minimum absolute atomic E-state index is 0.311. The van der Waals surface area contributed by atoms with Gasteiger partial charge >= 0.3 is 0 Å². The number of nitrogens with two attached hydrogens (primary N) is 1. The number of benzene rings is 1. The summed E-state index contributed by atoms with van der Waals surface area (Å²) < 4.78 is 0. The van der Waals surface area contributed by atoms with Crippen LogP contribution in [0.15, 0.2) is 55.1 Å². The zero-order valence-electron chi connectivity index (χ0n) is 10.1. The lowest BCUT2D eigenvalue weighted by Crippen LogP contribution is -2.13. The van der Waals surface area contributed by atoms with Crippen LogP contribution in [-0.4, -0.2) is 9.97 Å². The first-order valence-electron chi connectivity index (χ1n) is 5.95. The molecule has 0 amide bonds. The zero-order chi connectivity index (χ0) is 13.2. The fourth-order valence-electron chi connectivity index (χ4n) is 2.19. The van der Waals surface area contributed by atoms with E-state index in [1.165, 1.54) is 0 Å². The average Bonchev–Trinajstić information content (AvgIpc) is 2.46. The third-order valence-electron chi connectivity index (χ3n) is 3.17. The molecule has 3 rings (SSSR count). The lowest BCUT2D eigenvalue weighted by Gasteiger charge is -2.15. The predicted molar refractivity (Wildman–Crippen MR) is 77.0 cm³/mol. The van der Waals surface area contributed by atoms with Gasteiger partial charge in [-0.2, -0.15) is 0 Å². The maximum absolute atomic E-state index is 6.33. The van der Waals surface area contributed by atoms with E-state index < -0.39 is 0 Å². The first kappa shape index (κ1) is 12.1. The van der Waals surface area contributed by atoms with E-state index in [9.17, 15) is 0 Å². The first-order chi connectivity index (χ1) is 9.27. The van der Waals surface area contributed by atoms with Crippen molar-refractivity contribution in [2.45, 2.75) is 6.04 Å². The number of fused-ring (bicyclic) bond motifs is 1. The molecule has 0 bridgehead atoms. The summed E-state index contributed by atoms with van der Waals surface area (Å²) in [5, 5.41) is 2.74. The summed E-state index contributed by atoms with van der Waals surface area (Å²) >= 11 is 6.16. The van der Waals surface area contributed by atoms with Crippen LogP contribution in [-0.2, 0) is 0 Å². The van der Waals surface area contributed by atoms with E-state index in [1.807, 2.05) is 36.5 Å². The standard InChI is InChI=1S/C15H12ClN3/c16-14-9-18-6-5-12(14)15(17)13-8-19-7-10-3-1-2-4-11(10)13/h1-9,15H,17H2. The largest absolute Gasteiger partial charge is 0.320 e. The Morgan fingerprint density at radius 3 is 2.63 bits per heavy atom. The topological polar surface area (TPSA) is 51.8 Å². The SMILES string of the molecule is NC(c1ccncc1Cl)c1cncc2ccccc12. The Balaban J connectivity index is 2.17. The molecule has 2 heterocycles. The summed E-state index contributed by atoms with van der Waals surface area (Å²) in [7, 11) is 0.